The van der Waals surface area contributed by atoms with Gasteiger partial charge in [-0.3, -0.25) is 4.99 Å². The summed E-state index contributed by atoms with van der Waals surface area (Å²) in [5, 5.41) is 12.4. The Balaban J connectivity index is 2.31. The van der Waals surface area contributed by atoms with Gasteiger partial charge in [-0.1, -0.05) is 27.7 Å². The predicted octanol–water partition coefficient (Wildman–Crippen LogP) is 2.15. The lowest BCUT2D eigenvalue weighted by Crippen LogP contribution is -2.39. The summed E-state index contributed by atoms with van der Waals surface area (Å²) < 4.78 is 0. The average molecular weight is 279 g/mol. The molecule has 2 aliphatic heterocycles. The summed E-state index contributed by atoms with van der Waals surface area (Å²) in [5.41, 5.74) is 3.09. The van der Waals surface area contributed by atoms with Gasteiger partial charge in [-0.2, -0.15) is 0 Å². The van der Waals surface area contributed by atoms with Crippen LogP contribution in [-0.4, -0.2) is 47.6 Å². The van der Waals surface area contributed by atoms with Gasteiger partial charge in [0.15, 0.2) is 0 Å². The Morgan fingerprint density at radius 1 is 1.40 bits per heavy atom. The molecule has 0 aromatic carbocycles. The number of aliphatic imine (C=N–C) groups is 1. The van der Waals surface area contributed by atoms with Crippen LogP contribution in [0.5, 0.6) is 0 Å². The van der Waals surface area contributed by atoms with E-state index in [1.54, 1.807) is 0 Å². The summed E-state index contributed by atoms with van der Waals surface area (Å²) >= 11 is 0. The zero-order valence-corrected chi connectivity index (χ0v) is 13.5. The minimum absolute atomic E-state index is 0.154. The van der Waals surface area contributed by atoms with Crippen molar-refractivity contribution in [3.8, 4) is 0 Å². The average Bonchev–Trinajstić information content (AvgIpc) is 2.76. The summed E-state index contributed by atoms with van der Waals surface area (Å²) in [6.07, 6.45) is 2.04. The number of aliphatic hydroxyl groups is 1. The molecule has 0 radical (unpaired) electrons. The molecular weight excluding hydrogens is 250 g/mol. The van der Waals surface area contributed by atoms with Gasteiger partial charge >= 0.3 is 0 Å². The molecule has 2 aliphatic rings. The van der Waals surface area contributed by atoms with Gasteiger partial charge in [-0.25, -0.2) is 0 Å². The van der Waals surface area contributed by atoms with Crippen molar-refractivity contribution in [2.24, 2.45) is 10.4 Å². The fraction of sp³-hybridized carbons (Fsp3) is 0.812. The van der Waals surface area contributed by atoms with E-state index in [4.69, 9.17) is 10.1 Å². The van der Waals surface area contributed by atoms with Crippen molar-refractivity contribution >= 4 is 5.84 Å². The van der Waals surface area contributed by atoms with Crippen molar-refractivity contribution in [1.82, 2.24) is 10.2 Å². The molecule has 4 heteroatoms. The second kappa shape index (κ2) is 5.86. The van der Waals surface area contributed by atoms with E-state index >= 15 is 0 Å². The molecule has 0 aromatic heterocycles. The van der Waals surface area contributed by atoms with E-state index in [-0.39, 0.29) is 18.1 Å². The summed E-state index contributed by atoms with van der Waals surface area (Å²) in [7, 11) is 0. The van der Waals surface area contributed by atoms with Crippen LogP contribution in [0.3, 0.4) is 0 Å². The molecule has 0 amide bonds. The minimum atomic E-state index is 0.154. The second-order valence-corrected chi connectivity index (χ2v) is 6.87. The Labute approximate surface area is 123 Å². The van der Waals surface area contributed by atoms with Gasteiger partial charge in [0.05, 0.1) is 12.6 Å². The van der Waals surface area contributed by atoms with Crippen LogP contribution in [0.4, 0.5) is 0 Å². The molecule has 0 aliphatic carbocycles. The molecule has 0 spiro atoms. The highest BCUT2D eigenvalue weighted by molar-refractivity contribution is 5.86. The van der Waals surface area contributed by atoms with Crippen LogP contribution in [0.1, 0.15) is 47.5 Å². The molecule has 2 atom stereocenters. The smallest absolute Gasteiger partial charge is 0.104 e. The molecule has 0 bridgehead atoms. The zero-order chi connectivity index (χ0) is 14.9. The Bertz CT molecular complexity index is 420. The van der Waals surface area contributed by atoms with Crippen LogP contribution >= 0.6 is 0 Å². The van der Waals surface area contributed by atoms with E-state index in [1.807, 2.05) is 0 Å². The van der Waals surface area contributed by atoms with Crippen LogP contribution in [0.15, 0.2) is 16.3 Å². The molecule has 0 saturated carbocycles. The van der Waals surface area contributed by atoms with E-state index in [9.17, 15) is 0 Å². The Hall–Kier alpha value is -0.870. The number of amidine groups is 1. The topological polar surface area (TPSA) is 47.9 Å². The molecule has 2 N–H and O–H groups in total. The first-order chi connectivity index (χ1) is 9.38. The van der Waals surface area contributed by atoms with E-state index in [0.29, 0.717) is 12.6 Å². The van der Waals surface area contributed by atoms with Crippen molar-refractivity contribution in [3.63, 3.8) is 0 Å². The molecule has 1 fully saturated rings. The second-order valence-electron chi connectivity index (χ2n) is 6.87. The van der Waals surface area contributed by atoms with E-state index < -0.39 is 0 Å². The highest BCUT2D eigenvalue weighted by Crippen LogP contribution is 2.40. The third kappa shape index (κ3) is 2.91. The zero-order valence-electron chi connectivity index (χ0n) is 13.5. The van der Waals surface area contributed by atoms with Crippen LogP contribution in [0.25, 0.3) is 0 Å². The minimum Gasteiger partial charge on any atom is -0.395 e. The number of aliphatic hydroxyl groups excluding tert-OH is 1. The maximum Gasteiger partial charge on any atom is 0.104 e. The molecular formula is C16H29N3O. The molecule has 1 unspecified atom stereocenters. The van der Waals surface area contributed by atoms with Gasteiger partial charge in [0.25, 0.3) is 0 Å². The van der Waals surface area contributed by atoms with E-state index in [1.165, 1.54) is 17.1 Å². The van der Waals surface area contributed by atoms with Crippen molar-refractivity contribution in [3.05, 3.63) is 11.3 Å². The molecule has 2 rings (SSSR count). The summed E-state index contributed by atoms with van der Waals surface area (Å²) in [6.45, 7) is 13.1. The Morgan fingerprint density at radius 2 is 2.10 bits per heavy atom. The van der Waals surface area contributed by atoms with Gasteiger partial charge in [0.1, 0.15) is 5.84 Å². The monoisotopic (exact) mass is 279 g/mol. The van der Waals surface area contributed by atoms with Crippen LogP contribution in [0.2, 0.25) is 0 Å². The van der Waals surface area contributed by atoms with Crippen molar-refractivity contribution in [2.75, 3.05) is 19.7 Å². The summed E-state index contributed by atoms with van der Waals surface area (Å²) in [5.74, 6) is 1.22. The third-order valence-electron chi connectivity index (χ3n) is 4.22. The van der Waals surface area contributed by atoms with Crippen LogP contribution in [0, 0.1) is 5.41 Å². The summed E-state index contributed by atoms with van der Waals surface area (Å²) in [4.78, 5) is 7.33. The largest absolute Gasteiger partial charge is 0.395 e. The quantitative estimate of drug-likeness (QED) is 0.829. The number of rotatable bonds is 4. The van der Waals surface area contributed by atoms with Crippen LogP contribution < -0.4 is 5.32 Å². The molecule has 0 aromatic rings. The lowest BCUT2D eigenvalue weighted by Gasteiger charge is -2.37. The highest BCUT2D eigenvalue weighted by atomic mass is 16.3. The summed E-state index contributed by atoms with van der Waals surface area (Å²) in [6, 6.07) is 0.712. The third-order valence-corrected chi connectivity index (χ3v) is 4.22. The van der Waals surface area contributed by atoms with Crippen molar-refractivity contribution in [2.45, 2.75) is 59.5 Å². The molecule has 1 saturated heterocycles. The normalized spacial score (nSPS) is 26.9. The first-order valence-corrected chi connectivity index (χ1v) is 7.80. The van der Waals surface area contributed by atoms with Crippen LogP contribution in [-0.2, 0) is 0 Å². The van der Waals surface area contributed by atoms with E-state index in [2.05, 4.69) is 44.8 Å². The van der Waals surface area contributed by atoms with Crippen molar-refractivity contribution in [1.29, 1.82) is 0 Å². The Kier molecular flexibility index (Phi) is 4.55. The highest BCUT2D eigenvalue weighted by Gasteiger charge is 2.38. The molecule has 4 nitrogen and oxygen atoms in total. The molecule has 20 heavy (non-hydrogen) atoms. The maximum atomic E-state index is 8.99. The first-order valence-electron chi connectivity index (χ1n) is 7.80. The molecule has 114 valence electrons. The number of hydrogen-bond acceptors (Lipinski definition) is 4. The maximum absolute atomic E-state index is 8.99. The van der Waals surface area contributed by atoms with Gasteiger partial charge in [0, 0.05) is 37.7 Å². The fourth-order valence-corrected chi connectivity index (χ4v) is 3.60. The van der Waals surface area contributed by atoms with Gasteiger partial charge < -0.3 is 15.3 Å². The number of nitrogens with one attached hydrogen (secondary N) is 1. The molecule has 2 heterocycles. The number of hydrogen-bond donors (Lipinski definition) is 2. The van der Waals surface area contributed by atoms with Gasteiger partial charge in [0.2, 0.25) is 0 Å². The first kappa shape index (κ1) is 15.5. The Morgan fingerprint density at radius 3 is 2.65 bits per heavy atom. The standard InChI is InChI=1S/C16H29N3O/c1-6-14-18-11(2)15(16(3,4)5)13-9-12(10-19(13)14)17-7-8-20/h11-12,17,20H,6-10H2,1-5H3/t11-,12?/m0/s1. The van der Waals surface area contributed by atoms with E-state index in [0.717, 1.165) is 19.4 Å². The van der Waals surface area contributed by atoms with Gasteiger partial charge in [-0.15, -0.1) is 0 Å². The van der Waals surface area contributed by atoms with Crippen molar-refractivity contribution < 1.29 is 5.11 Å². The SMILES string of the molecule is CCC1=N[C@@H](C)C(C(C)(C)C)=C2CC(NCCO)CN12. The lowest BCUT2D eigenvalue weighted by molar-refractivity contribution is 0.284. The number of fused-ring (bicyclic) bond motifs is 1. The lowest BCUT2D eigenvalue weighted by atomic mass is 9.80. The van der Waals surface area contributed by atoms with Gasteiger partial charge in [-0.05, 0) is 17.9 Å². The predicted molar refractivity (Wildman–Crippen MR) is 83.9 cm³/mol. The fourth-order valence-electron chi connectivity index (χ4n) is 3.60. The number of nitrogens with zero attached hydrogens (tertiary/aromatic N) is 2.